The van der Waals surface area contributed by atoms with Crippen molar-refractivity contribution in [1.82, 2.24) is 19.9 Å². The lowest BCUT2D eigenvalue weighted by atomic mass is 10.1. The second-order valence-corrected chi connectivity index (χ2v) is 5.08. The van der Waals surface area contributed by atoms with Crippen molar-refractivity contribution < 1.29 is 13.6 Å². The number of benzene rings is 1. The summed E-state index contributed by atoms with van der Waals surface area (Å²) in [5.74, 6) is -1.69. The van der Waals surface area contributed by atoms with Gasteiger partial charge in [-0.15, -0.1) is 0 Å². The number of nitriles is 1. The van der Waals surface area contributed by atoms with E-state index in [0.717, 1.165) is 12.1 Å². The highest BCUT2D eigenvalue weighted by atomic mass is 19.1. The van der Waals surface area contributed by atoms with E-state index in [0.29, 0.717) is 11.9 Å². The fourth-order valence-electron chi connectivity index (χ4n) is 2.20. The molecule has 25 heavy (non-hydrogen) atoms. The number of hydrogen-bond donors (Lipinski definition) is 1. The minimum Gasteiger partial charge on any atom is -0.332 e. The SMILES string of the molecule is N#C[C@H](NC(=O)c1ccc(-n2ccnc2)nc1)c1ccc(F)cc1F. The Labute approximate surface area is 141 Å². The molecule has 3 aromatic rings. The fourth-order valence-corrected chi connectivity index (χ4v) is 2.20. The Balaban J connectivity index is 1.77. The average Bonchev–Trinajstić information content (AvgIpc) is 3.15. The molecule has 0 bridgehead atoms. The number of carbonyl (C=O) groups excluding carboxylic acids is 1. The van der Waals surface area contributed by atoms with Gasteiger partial charge in [0.25, 0.3) is 5.91 Å². The van der Waals surface area contributed by atoms with Gasteiger partial charge >= 0.3 is 0 Å². The predicted molar refractivity (Wildman–Crippen MR) is 83.5 cm³/mol. The summed E-state index contributed by atoms with van der Waals surface area (Å²) in [7, 11) is 0. The van der Waals surface area contributed by atoms with Crippen LogP contribution in [0.1, 0.15) is 22.0 Å². The van der Waals surface area contributed by atoms with Gasteiger partial charge in [-0.2, -0.15) is 5.26 Å². The molecule has 0 aliphatic carbocycles. The van der Waals surface area contributed by atoms with Gasteiger partial charge < -0.3 is 5.32 Å². The van der Waals surface area contributed by atoms with E-state index in [1.165, 1.54) is 12.3 Å². The van der Waals surface area contributed by atoms with Crippen LogP contribution in [-0.2, 0) is 0 Å². The van der Waals surface area contributed by atoms with Gasteiger partial charge in [0.05, 0.1) is 11.6 Å². The molecule has 2 aromatic heterocycles. The van der Waals surface area contributed by atoms with Crippen LogP contribution in [0.5, 0.6) is 0 Å². The van der Waals surface area contributed by atoms with Gasteiger partial charge in [0.2, 0.25) is 0 Å². The number of nitrogens with zero attached hydrogens (tertiary/aromatic N) is 4. The Morgan fingerprint density at radius 2 is 2.12 bits per heavy atom. The molecule has 1 aromatic carbocycles. The van der Waals surface area contributed by atoms with E-state index in [-0.39, 0.29) is 11.1 Å². The quantitative estimate of drug-likeness (QED) is 0.792. The molecule has 3 rings (SSSR count). The second kappa shape index (κ2) is 6.88. The lowest BCUT2D eigenvalue weighted by Gasteiger charge is -2.13. The summed E-state index contributed by atoms with van der Waals surface area (Å²) in [4.78, 5) is 20.3. The van der Waals surface area contributed by atoms with Gasteiger partial charge in [0.15, 0.2) is 0 Å². The maximum absolute atomic E-state index is 13.8. The van der Waals surface area contributed by atoms with Crippen LogP contribution in [0.15, 0.2) is 55.2 Å². The Bertz CT molecular complexity index is 933. The summed E-state index contributed by atoms with van der Waals surface area (Å²) >= 11 is 0. The lowest BCUT2D eigenvalue weighted by Crippen LogP contribution is -2.28. The largest absolute Gasteiger partial charge is 0.332 e. The molecule has 0 fully saturated rings. The molecule has 8 heteroatoms. The van der Waals surface area contributed by atoms with Crippen LogP contribution in [0.2, 0.25) is 0 Å². The number of carbonyl (C=O) groups is 1. The molecule has 6 nitrogen and oxygen atoms in total. The molecule has 1 atom stereocenters. The van der Waals surface area contributed by atoms with Crippen LogP contribution in [0.3, 0.4) is 0 Å². The van der Waals surface area contributed by atoms with E-state index in [9.17, 15) is 18.8 Å². The Morgan fingerprint density at radius 3 is 2.72 bits per heavy atom. The highest BCUT2D eigenvalue weighted by molar-refractivity contribution is 5.94. The zero-order valence-electron chi connectivity index (χ0n) is 12.7. The summed E-state index contributed by atoms with van der Waals surface area (Å²) in [6, 6.07) is 6.47. The summed E-state index contributed by atoms with van der Waals surface area (Å²) in [5, 5.41) is 11.6. The van der Waals surface area contributed by atoms with E-state index in [2.05, 4.69) is 15.3 Å². The maximum Gasteiger partial charge on any atom is 0.254 e. The molecular weight excluding hydrogens is 328 g/mol. The zero-order chi connectivity index (χ0) is 17.8. The highest BCUT2D eigenvalue weighted by Crippen LogP contribution is 2.18. The fraction of sp³-hybridized carbons (Fsp3) is 0.0588. The van der Waals surface area contributed by atoms with Crippen molar-refractivity contribution in [1.29, 1.82) is 5.26 Å². The lowest BCUT2D eigenvalue weighted by molar-refractivity contribution is 0.0944. The maximum atomic E-state index is 13.8. The minimum atomic E-state index is -1.25. The van der Waals surface area contributed by atoms with Crippen molar-refractivity contribution in [2.24, 2.45) is 0 Å². The number of aromatic nitrogens is 3. The molecule has 0 saturated heterocycles. The molecule has 0 spiro atoms. The van der Waals surface area contributed by atoms with Gasteiger partial charge in [-0.3, -0.25) is 9.36 Å². The first-order valence-electron chi connectivity index (χ1n) is 7.18. The van der Waals surface area contributed by atoms with E-state index in [1.54, 1.807) is 35.4 Å². The number of amides is 1. The normalized spacial score (nSPS) is 11.6. The third kappa shape index (κ3) is 3.50. The van der Waals surface area contributed by atoms with Crippen LogP contribution in [-0.4, -0.2) is 20.4 Å². The summed E-state index contributed by atoms with van der Waals surface area (Å²) < 4.78 is 28.4. The Hall–Kier alpha value is -3.60. The van der Waals surface area contributed by atoms with Gasteiger partial charge in [-0.25, -0.2) is 18.7 Å². The smallest absolute Gasteiger partial charge is 0.254 e. The monoisotopic (exact) mass is 339 g/mol. The van der Waals surface area contributed by atoms with Crippen molar-refractivity contribution in [2.75, 3.05) is 0 Å². The second-order valence-electron chi connectivity index (χ2n) is 5.08. The van der Waals surface area contributed by atoms with E-state index < -0.39 is 23.6 Å². The number of hydrogen-bond acceptors (Lipinski definition) is 4. The van der Waals surface area contributed by atoms with Gasteiger partial charge in [0, 0.05) is 30.2 Å². The first-order valence-corrected chi connectivity index (χ1v) is 7.18. The van der Waals surface area contributed by atoms with E-state index in [1.807, 2.05) is 0 Å². The Morgan fingerprint density at radius 1 is 1.28 bits per heavy atom. The van der Waals surface area contributed by atoms with Crippen molar-refractivity contribution >= 4 is 5.91 Å². The number of pyridine rings is 1. The summed E-state index contributed by atoms with van der Waals surface area (Å²) in [5.41, 5.74) is 0.0897. The Kier molecular flexibility index (Phi) is 4.48. The highest BCUT2D eigenvalue weighted by Gasteiger charge is 2.19. The third-order valence-electron chi connectivity index (χ3n) is 3.46. The molecule has 124 valence electrons. The van der Waals surface area contributed by atoms with Crippen LogP contribution in [0.25, 0.3) is 5.82 Å². The third-order valence-corrected chi connectivity index (χ3v) is 3.46. The zero-order valence-corrected chi connectivity index (χ0v) is 12.7. The van der Waals surface area contributed by atoms with Crippen LogP contribution in [0.4, 0.5) is 8.78 Å². The number of nitrogens with one attached hydrogen (secondary N) is 1. The summed E-state index contributed by atoms with van der Waals surface area (Å²) in [6.07, 6.45) is 6.19. The van der Waals surface area contributed by atoms with Crippen molar-refractivity contribution in [3.8, 4) is 11.9 Å². The van der Waals surface area contributed by atoms with Gasteiger partial charge in [-0.05, 0) is 18.2 Å². The van der Waals surface area contributed by atoms with Crippen molar-refractivity contribution in [2.45, 2.75) is 6.04 Å². The molecule has 0 radical (unpaired) electrons. The van der Waals surface area contributed by atoms with E-state index in [4.69, 9.17) is 0 Å². The van der Waals surface area contributed by atoms with Gasteiger partial charge in [0.1, 0.15) is 29.8 Å². The molecule has 1 amide bonds. The molecular formula is C17H11F2N5O. The van der Waals surface area contributed by atoms with Crippen LogP contribution in [0, 0.1) is 23.0 Å². The number of imidazole rings is 1. The van der Waals surface area contributed by atoms with Gasteiger partial charge in [-0.1, -0.05) is 6.07 Å². The molecule has 0 aliphatic heterocycles. The molecule has 0 saturated carbocycles. The minimum absolute atomic E-state index is 0.111. The van der Waals surface area contributed by atoms with Crippen molar-refractivity contribution in [3.63, 3.8) is 0 Å². The average molecular weight is 339 g/mol. The molecule has 0 unspecified atom stereocenters. The topological polar surface area (TPSA) is 83.6 Å². The van der Waals surface area contributed by atoms with E-state index >= 15 is 0 Å². The van der Waals surface area contributed by atoms with Crippen molar-refractivity contribution in [3.05, 3.63) is 78.0 Å². The molecule has 0 aliphatic rings. The number of rotatable bonds is 4. The molecule has 1 N–H and O–H groups in total. The molecule has 2 heterocycles. The van der Waals surface area contributed by atoms with Crippen LogP contribution >= 0.6 is 0 Å². The first-order chi connectivity index (χ1) is 12.1. The number of halogens is 2. The predicted octanol–water partition coefficient (Wildman–Crippen LogP) is 2.54. The van der Waals surface area contributed by atoms with Crippen LogP contribution < -0.4 is 5.32 Å². The standard InChI is InChI=1S/C17H11F2N5O/c18-12-2-3-13(14(19)7-12)15(8-20)23-17(25)11-1-4-16(22-9-11)24-6-5-21-10-24/h1-7,9-10,15H,(H,23,25)/t15-/m0/s1. The summed E-state index contributed by atoms with van der Waals surface area (Å²) in [6.45, 7) is 0. The first kappa shape index (κ1) is 16.3.